The fourth-order valence-corrected chi connectivity index (χ4v) is 7.46. The Morgan fingerprint density at radius 2 is 1.65 bits per heavy atom. The van der Waals surface area contributed by atoms with E-state index in [0.29, 0.717) is 68.9 Å². The van der Waals surface area contributed by atoms with Crippen molar-refractivity contribution in [3.05, 3.63) is 53.6 Å². The lowest BCUT2D eigenvalue weighted by molar-refractivity contribution is -0.133. The van der Waals surface area contributed by atoms with E-state index >= 15 is 0 Å². The van der Waals surface area contributed by atoms with Crippen molar-refractivity contribution < 1.29 is 46.5 Å². The fourth-order valence-electron chi connectivity index (χ4n) is 6.60. The van der Waals surface area contributed by atoms with Crippen LogP contribution in [0.25, 0.3) is 0 Å². The van der Waals surface area contributed by atoms with E-state index in [0.717, 1.165) is 17.5 Å². The Morgan fingerprint density at radius 3 is 2.29 bits per heavy atom. The molecule has 0 aromatic heterocycles. The highest BCUT2D eigenvalue weighted by molar-refractivity contribution is 7.91. The van der Waals surface area contributed by atoms with E-state index in [4.69, 9.17) is 18.9 Å². The van der Waals surface area contributed by atoms with E-state index in [1.807, 2.05) is 24.3 Å². The molecule has 278 valence electrons. The maximum atomic E-state index is 13.6. The molecule has 14 nitrogen and oxygen atoms in total. The lowest BCUT2D eigenvalue weighted by Gasteiger charge is -2.40. The fraction of sp³-hybridized carbons (Fsp3) is 0.556. The quantitative estimate of drug-likeness (QED) is 0.369. The Kier molecular flexibility index (Phi) is 11.7. The van der Waals surface area contributed by atoms with Crippen molar-refractivity contribution in [1.82, 2.24) is 15.1 Å². The van der Waals surface area contributed by atoms with E-state index in [-0.39, 0.29) is 49.5 Å². The largest absolute Gasteiger partial charge is 0.496 e. The molecule has 1 unspecified atom stereocenters. The SMILES string of the molecule is COc1cc(OC2CCN(C(=O)CCC(NC(=O)OC(C)(C)C)S(C)(=O)=O)CC2)ccc1C(=O)N1CCC(N2C(=O)OCc3ccccc32)CC1. The standard InChI is InChI=1S/C36H48N4O10S/c1-36(2,3)50-34(43)37-31(51(5,45)46)12-13-32(41)38-20-16-26(17-21-38)49-27-10-11-28(30(22-27)47-4)33(42)39-18-14-25(15-19-39)40-29-9-7-6-8-24(29)23-48-35(40)44/h6-11,22,25-26,31H,12-21,23H2,1-5H3,(H,37,43). The van der Waals surface area contributed by atoms with Crippen molar-refractivity contribution in [2.45, 2.75) is 89.0 Å². The summed E-state index contributed by atoms with van der Waals surface area (Å²) in [6.45, 7) is 7.09. The molecule has 0 saturated carbocycles. The number of alkyl carbamates (subject to hydrolysis) is 1. The first-order chi connectivity index (χ1) is 24.1. The molecular weight excluding hydrogens is 680 g/mol. The second-order valence-corrected chi connectivity index (χ2v) is 16.4. The summed E-state index contributed by atoms with van der Waals surface area (Å²) >= 11 is 0. The summed E-state index contributed by atoms with van der Waals surface area (Å²) in [7, 11) is -2.17. The minimum atomic E-state index is -3.68. The molecule has 1 atom stereocenters. The molecule has 3 aliphatic heterocycles. The van der Waals surface area contributed by atoms with Gasteiger partial charge in [-0.3, -0.25) is 14.5 Å². The van der Waals surface area contributed by atoms with Crippen LogP contribution in [0, 0.1) is 0 Å². The number of carbonyl (C=O) groups is 4. The van der Waals surface area contributed by atoms with Crippen LogP contribution in [0.1, 0.15) is 75.2 Å². The van der Waals surface area contributed by atoms with Crippen molar-refractivity contribution in [2.75, 3.05) is 44.4 Å². The molecule has 3 heterocycles. The highest BCUT2D eigenvalue weighted by atomic mass is 32.2. The zero-order valence-electron chi connectivity index (χ0n) is 29.9. The summed E-state index contributed by atoms with van der Waals surface area (Å²) in [5.41, 5.74) is 1.45. The lowest BCUT2D eigenvalue weighted by Crippen LogP contribution is -2.50. The van der Waals surface area contributed by atoms with E-state index in [1.54, 1.807) is 53.7 Å². The van der Waals surface area contributed by atoms with Crippen LogP contribution in [0.15, 0.2) is 42.5 Å². The summed E-state index contributed by atoms with van der Waals surface area (Å²) in [4.78, 5) is 56.6. The van der Waals surface area contributed by atoms with Crippen LogP contribution >= 0.6 is 0 Å². The summed E-state index contributed by atoms with van der Waals surface area (Å²) in [5.74, 6) is 0.562. The van der Waals surface area contributed by atoms with Gasteiger partial charge in [0.25, 0.3) is 5.91 Å². The normalized spacial score (nSPS) is 18.0. The molecule has 3 aliphatic rings. The van der Waals surface area contributed by atoms with Gasteiger partial charge in [0.1, 0.15) is 35.2 Å². The number of hydrogen-bond acceptors (Lipinski definition) is 10. The number of piperidine rings is 2. The zero-order chi connectivity index (χ0) is 36.9. The first-order valence-electron chi connectivity index (χ1n) is 17.3. The average Bonchev–Trinajstić information content (AvgIpc) is 3.08. The number of nitrogens with zero attached hydrogens (tertiary/aromatic N) is 3. The molecule has 5 rings (SSSR count). The maximum absolute atomic E-state index is 13.6. The molecule has 0 radical (unpaired) electrons. The number of ether oxygens (including phenoxy) is 4. The van der Waals surface area contributed by atoms with Crippen LogP contribution in [0.4, 0.5) is 15.3 Å². The van der Waals surface area contributed by atoms with Crippen LogP contribution in [-0.4, -0.2) is 105 Å². The van der Waals surface area contributed by atoms with Crippen molar-refractivity contribution in [3.8, 4) is 11.5 Å². The van der Waals surface area contributed by atoms with Gasteiger partial charge in [-0.2, -0.15) is 0 Å². The number of para-hydroxylation sites is 1. The van der Waals surface area contributed by atoms with Crippen molar-refractivity contribution in [2.24, 2.45) is 0 Å². The number of likely N-dealkylation sites (tertiary alicyclic amines) is 2. The van der Waals surface area contributed by atoms with E-state index < -0.39 is 26.9 Å². The highest BCUT2D eigenvalue weighted by Gasteiger charge is 2.36. The zero-order valence-corrected chi connectivity index (χ0v) is 30.7. The summed E-state index contributed by atoms with van der Waals surface area (Å²) < 4.78 is 46.9. The first kappa shape index (κ1) is 37.7. The molecule has 2 saturated heterocycles. The Balaban J connectivity index is 1.10. The second kappa shape index (κ2) is 15.8. The number of anilines is 1. The number of cyclic esters (lactones) is 1. The van der Waals surface area contributed by atoms with Crippen LogP contribution in [0.5, 0.6) is 11.5 Å². The topological polar surface area (TPSA) is 161 Å². The summed E-state index contributed by atoms with van der Waals surface area (Å²) in [6.07, 6.45) is 1.84. The Bertz CT molecular complexity index is 1710. The molecule has 2 aromatic rings. The van der Waals surface area contributed by atoms with Crippen LogP contribution in [0.2, 0.25) is 0 Å². The molecule has 2 fully saturated rings. The highest BCUT2D eigenvalue weighted by Crippen LogP contribution is 2.33. The Morgan fingerprint density at radius 1 is 0.980 bits per heavy atom. The number of nitrogens with one attached hydrogen (secondary N) is 1. The van der Waals surface area contributed by atoms with Gasteiger partial charge in [-0.25, -0.2) is 18.0 Å². The van der Waals surface area contributed by atoms with Gasteiger partial charge in [0.2, 0.25) is 5.91 Å². The number of amides is 4. The number of fused-ring (bicyclic) bond motifs is 1. The predicted octanol–water partition coefficient (Wildman–Crippen LogP) is 4.50. The van der Waals surface area contributed by atoms with Gasteiger partial charge in [-0.1, -0.05) is 18.2 Å². The van der Waals surface area contributed by atoms with E-state index in [9.17, 15) is 27.6 Å². The predicted molar refractivity (Wildman–Crippen MR) is 188 cm³/mol. The van der Waals surface area contributed by atoms with Gasteiger partial charge in [0.05, 0.1) is 18.4 Å². The monoisotopic (exact) mass is 728 g/mol. The molecule has 2 aromatic carbocycles. The van der Waals surface area contributed by atoms with Crippen LogP contribution in [-0.2, 0) is 30.7 Å². The average molecular weight is 729 g/mol. The molecule has 0 spiro atoms. The molecule has 51 heavy (non-hydrogen) atoms. The molecule has 1 N–H and O–H groups in total. The number of methoxy groups -OCH3 is 1. The number of rotatable bonds is 10. The third kappa shape index (κ3) is 9.63. The van der Waals surface area contributed by atoms with Gasteiger partial charge in [0.15, 0.2) is 9.84 Å². The van der Waals surface area contributed by atoms with Gasteiger partial charge < -0.3 is 34.1 Å². The molecule has 0 bridgehead atoms. The summed E-state index contributed by atoms with van der Waals surface area (Å²) in [6, 6.07) is 12.8. The van der Waals surface area contributed by atoms with Gasteiger partial charge in [-0.15, -0.1) is 0 Å². The van der Waals surface area contributed by atoms with Crippen molar-refractivity contribution >= 4 is 39.5 Å². The first-order valence-corrected chi connectivity index (χ1v) is 19.2. The molecule has 15 heteroatoms. The smallest absolute Gasteiger partial charge is 0.414 e. The third-order valence-electron chi connectivity index (χ3n) is 9.23. The molecule has 0 aliphatic carbocycles. The van der Waals surface area contributed by atoms with Crippen molar-refractivity contribution in [3.63, 3.8) is 0 Å². The Hall–Kier alpha value is -4.53. The molecule has 4 amide bonds. The number of sulfone groups is 1. The van der Waals surface area contributed by atoms with Gasteiger partial charge in [-0.05, 0) is 58.2 Å². The third-order valence-corrected chi connectivity index (χ3v) is 10.6. The summed E-state index contributed by atoms with van der Waals surface area (Å²) in [5, 5.41) is 1.13. The maximum Gasteiger partial charge on any atom is 0.414 e. The van der Waals surface area contributed by atoms with Crippen LogP contribution in [0.3, 0.4) is 0 Å². The van der Waals surface area contributed by atoms with Crippen LogP contribution < -0.4 is 19.7 Å². The lowest BCUT2D eigenvalue weighted by atomic mass is 10.00. The van der Waals surface area contributed by atoms with E-state index in [2.05, 4.69) is 5.32 Å². The number of hydrogen-bond donors (Lipinski definition) is 1. The Labute approximate surface area is 299 Å². The van der Waals surface area contributed by atoms with Crippen molar-refractivity contribution in [1.29, 1.82) is 0 Å². The van der Waals surface area contributed by atoms with Gasteiger partial charge in [0, 0.05) is 69.4 Å². The van der Waals surface area contributed by atoms with E-state index in [1.165, 1.54) is 7.11 Å². The second-order valence-electron chi connectivity index (χ2n) is 14.1. The minimum absolute atomic E-state index is 0.0534. The number of benzene rings is 2. The molecular formula is C36H48N4O10S. The number of carbonyl (C=O) groups excluding carboxylic acids is 4. The van der Waals surface area contributed by atoms with Gasteiger partial charge >= 0.3 is 12.2 Å². The minimum Gasteiger partial charge on any atom is -0.496 e.